The first kappa shape index (κ1) is 15.3. The van der Waals surface area contributed by atoms with Gasteiger partial charge in [0.05, 0.1) is 14.4 Å². The first-order valence-corrected chi connectivity index (χ1v) is 7.34. The lowest BCUT2D eigenvalue weighted by molar-refractivity contribution is 0.0954. The van der Waals surface area contributed by atoms with Crippen molar-refractivity contribution in [2.24, 2.45) is 5.10 Å². The van der Waals surface area contributed by atoms with Gasteiger partial charge in [-0.15, -0.1) is 11.3 Å². The van der Waals surface area contributed by atoms with Gasteiger partial charge >= 0.3 is 0 Å². The van der Waals surface area contributed by atoms with E-state index < -0.39 is 23.2 Å². The number of hydrogen-bond acceptors (Lipinski definition) is 6. The van der Waals surface area contributed by atoms with E-state index in [2.05, 4.69) is 26.5 Å². The molecule has 1 aromatic heterocycles. The zero-order valence-corrected chi connectivity index (χ0v) is 13.2. The average molecular weight is 371 g/mol. The second kappa shape index (κ2) is 6.15. The summed E-state index contributed by atoms with van der Waals surface area (Å²) in [5.74, 6) is -2.45. The maximum atomic E-state index is 11.9. The van der Waals surface area contributed by atoms with Gasteiger partial charge in [0.15, 0.2) is 17.2 Å². The molecule has 0 bridgehead atoms. The van der Waals surface area contributed by atoms with Crippen LogP contribution < -0.4 is 5.43 Å². The fourth-order valence-corrected chi connectivity index (χ4v) is 2.83. The molecule has 0 saturated heterocycles. The zero-order valence-electron chi connectivity index (χ0n) is 10.8. The molecule has 2 rings (SSSR count). The molecule has 0 aliphatic rings. The van der Waals surface area contributed by atoms with Crippen molar-refractivity contribution in [3.05, 3.63) is 38.5 Å². The van der Waals surface area contributed by atoms with Gasteiger partial charge in [-0.1, -0.05) is 0 Å². The third-order valence-electron chi connectivity index (χ3n) is 2.59. The fourth-order valence-electron chi connectivity index (χ4n) is 1.50. The molecule has 4 N–H and O–H groups in total. The molecule has 1 aromatic carbocycles. The number of carbonyl (C=O) groups is 1. The van der Waals surface area contributed by atoms with E-state index in [-0.39, 0.29) is 5.56 Å². The minimum Gasteiger partial charge on any atom is -0.504 e. The topological polar surface area (TPSA) is 102 Å². The summed E-state index contributed by atoms with van der Waals surface area (Å²) in [7, 11) is 0. The van der Waals surface area contributed by atoms with E-state index in [1.807, 2.05) is 12.1 Å². The Balaban J connectivity index is 2.15. The van der Waals surface area contributed by atoms with Crippen molar-refractivity contribution in [3.63, 3.8) is 0 Å². The molecule has 0 unspecified atom stereocenters. The summed E-state index contributed by atoms with van der Waals surface area (Å²) in [6.07, 6.45) is 0. The summed E-state index contributed by atoms with van der Waals surface area (Å²) >= 11 is 4.81. The summed E-state index contributed by atoms with van der Waals surface area (Å²) in [5, 5.41) is 31.9. The van der Waals surface area contributed by atoms with E-state index in [0.717, 1.165) is 20.8 Å². The van der Waals surface area contributed by atoms with E-state index in [1.165, 1.54) is 11.3 Å². The van der Waals surface area contributed by atoms with Crippen LogP contribution in [0.25, 0.3) is 0 Å². The Morgan fingerprint density at radius 2 is 1.86 bits per heavy atom. The number of nitrogens with zero attached hydrogens (tertiary/aromatic N) is 1. The quantitative estimate of drug-likeness (QED) is 0.379. The van der Waals surface area contributed by atoms with Gasteiger partial charge in [0.1, 0.15) is 0 Å². The first-order chi connectivity index (χ1) is 9.88. The number of amides is 1. The Hall–Kier alpha value is -2.06. The van der Waals surface area contributed by atoms with Crippen LogP contribution in [0.4, 0.5) is 0 Å². The van der Waals surface area contributed by atoms with Crippen LogP contribution in [-0.4, -0.2) is 26.9 Å². The fraction of sp³-hybridized carbons (Fsp3) is 0.0769. The number of hydrogen-bond donors (Lipinski definition) is 4. The molecule has 8 heteroatoms. The predicted molar refractivity (Wildman–Crippen MR) is 83.1 cm³/mol. The summed E-state index contributed by atoms with van der Waals surface area (Å²) < 4.78 is 0.951. The predicted octanol–water partition coefficient (Wildman–Crippen LogP) is 2.78. The van der Waals surface area contributed by atoms with Crippen LogP contribution >= 0.6 is 27.3 Å². The Labute approximate surface area is 132 Å². The zero-order chi connectivity index (χ0) is 15.6. The Morgan fingerprint density at radius 1 is 1.24 bits per heavy atom. The molecule has 0 atom stereocenters. The Kier molecular flexibility index (Phi) is 4.49. The molecule has 0 aliphatic carbocycles. The lowest BCUT2D eigenvalue weighted by Gasteiger charge is -2.05. The number of hydrazone groups is 1. The standard InChI is InChI=1S/C13H11BrN2O4S/c1-6(10-2-3-11(14)21-10)15-16-13(20)7-4-8(17)12(19)9(18)5-7/h2-5,17-19H,1H3,(H,16,20)/b15-6+. The van der Waals surface area contributed by atoms with Crippen molar-refractivity contribution in [3.8, 4) is 17.2 Å². The number of phenols is 3. The largest absolute Gasteiger partial charge is 0.504 e. The molecular weight excluding hydrogens is 360 g/mol. The second-order valence-electron chi connectivity index (χ2n) is 4.11. The lowest BCUT2D eigenvalue weighted by Crippen LogP contribution is -2.19. The van der Waals surface area contributed by atoms with Crippen LogP contribution in [-0.2, 0) is 0 Å². The number of rotatable bonds is 3. The van der Waals surface area contributed by atoms with Crippen LogP contribution in [0, 0.1) is 0 Å². The molecule has 0 spiro atoms. The summed E-state index contributed by atoms with van der Waals surface area (Å²) in [6.45, 7) is 1.74. The van der Waals surface area contributed by atoms with Gasteiger partial charge in [-0.05, 0) is 47.1 Å². The highest BCUT2D eigenvalue weighted by atomic mass is 79.9. The summed E-state index contributed by atoms with van der Waals surface area (Å²) in [5.41, 5.74) is 2.91. The van der Waals surface area contributed by atoms with Crippen LogP contribution in [0.3, 0.4) is 0 Å². The van der Waals surface area contributed by atoms with Crippen molar-refractivity contribution < 1.29 is 20.1 Å². The molecule has 6 nitrogen and oxygen atoms in total. The Bertz CT molecular complexity index is 704. The summed E-state index contributed by atoms with van der Waals surface area (Å²) in [4.78, 5) is 12.8. The summed E-state index contributed by atoms with van der Waals surface area (Å²) in [6, 6.07) is 5.81. The van der Waals surface area contributed by atoms with Crippen LogP contribution in [0.5, 0.6) is 17.2 Å². The molecule has 21 heavy (non-hydrogen) atoms. The van der Waals surface area contributed by atoms with Crippen molar-refractivity contribution in [1.29, 1.82) is 0 Å². The number of phenolic OH excluding ortho intramolecular Hbond substituents is 3. The highest BCUT2D eigenvalue weighted by Crippen LogP contribution is 2.35. The number of benzene rings is 1. The minimum absolute atomic E-state index is 0.0216. The number of carbonyl (C=O) groups excluding carboxylic acids is 1. The van der Waals surface area contributed by atoms with E-state index in [9.17, 15) is 20.1 Å². The molecule has 0 radical (unpaired) electrons. The molecular formula is C13H11BrN2O4S. The number of thiophene rings is 1. The third kappa shape index (κ3) is 3.53. The van der Waals surface area contributed by atoms with E-state index >= 15 is 0 Å². The van der Waals surface area contributed by atoms with Crippen LogP contribution in [0.2, 0.25) is 0 Å². The maximum absolute atomic E-state index is 11.9. The SMILES string of the molecule is C/C(=N\NC(=O)c1cc(O)c(O)c(O)c1)c1ccc(Br)s1. The Morgan fingerprint density at radius 3 is 2.38 bits per heavy atom. The highest BCUT2D eigenvalue weighted by molar-refractivity contribution is 9.11. The lowest BCUT2D eigenvalue weighted by atomic mass is 10.2. The molecule has 0 aliphatic heterocycles. The van der Waals surface area contributed by atoms with Crippen molar-refractivity contribution >= 4 is 38.9 Å². The molecule has 1 amide bonds. The molecule has 1 heterocycles. The normalized spacial score (nSPS) is 11.4. The maximum Gasteiger partial charge on any atom is 0.271 e. The van der Waals surface area contributed by atoms with Crippen molar-refractivity contribution in [2.75, 3.05) is 0 Å². The van der Waals surface area contributed by atoms with E-state index in [4.69, 9.17) is 0 Å². The van der Waals surface area contributed by atoms with Gasteiger partial charge in [-0.3, -0.25) is 4.79 Å². The van der Waals surface area contributed by atoms with E-state index in [0.29, 0.717) is 5.71 Å². The van der Waals surface area contributed by atoms with Gasteiger partial charge in [0.25, 0.3) is 5.91 Å². The van der Waals surface area contributed by atoms with Crippen LogP contribution in [0.15, 0.2) is 33.2 Å². The number of nitrogens with one attached hydrogen (secondary N) is 1. The smallest absolute Gasteiger partial charge is 0.271 e. The number of aromatic hydroxyl groups is 3. The van der Waals surface area contributed by atoms with Gasteiger partial charge in [0.2, 0.25) is 0 Å². The molecule has 0 fully saturated rings. The van der Waals surface area contributed by atoms with Gasteiger partial charge in [0, 0.05) is 5.56 Å². The number of halogens is 1. The second-order valence-corrected chi connectivity index (χ2v) is 6.57. The monoisotopic (exact) mass is 370 g/mol. The van der Waals surface area contributed by atoms with Gasteiger partial charge in [-0.25, -0.2) is 5.43 Å². The third-order valence-corrected chi connectivity index (χ3v) is 4.32. The highest BCUT2D eigenvalue weighted by Gasteiger charge is 2.13. The molecule has 0 saturated carbocycles. The van der Waals surface area contributed by atoms with Crippen LogP contribution in [0.1, 0.15) is 22.2 Å². The van der Waals surface area contributed by atoms with Crippen molar-refractivity contribution in [2.45, 2.75) is 6.92 Å². The van der Waals surface area contributed by atoms with Gasteiger partial charge < -0.3 is 15.3 Å². The molecule has 2 aromatic rings. The average Bonchev–Trinajstić information content (AvgIpc) is 2.87. The van der Waals surface area contributed by atoms with Gasteiger partial charge in [-0.2, -0.15) is 5.10 Å². The first-order valence-electron chi connectivity index (χ1n) is 5.73. The van der Waals surface area contributed by atoms with E-state index in [1.54, 1.807) is 6.92 Å². The van der Waals surface area contributed by atoms with Crippen molar-refractivity contribution in [1.82, 2.24) is 5.43 Å². The minimum atomic E-state index is -0.672. The molecule has 110 valence electrons.